The topological polar surface area (TPSA) is 73.6 Å². The number of rotatable bonds is 3. The van der Waals surface area contributed by atoms with Crippen LogP contribution >= 0.6 is 23.3 Å². The first-order valence-electron chi connectivity index (χ1n) is 7.55. The van der Waals surface area contributed by atoms with Gasteiger partial charge in [0.1, 0.15) is 11.6 Å². The zero-order chi connectivity index (χ0) is 17.4. The smallest absolute Gasteiger partial charge is 0.267 e. The second-order valence-electron chi connectivity index (χ2n) is 5.46. The lowest BCUT2D eigenvalue weighted by Gasteiger charge is -2.11. The van der Waals surface area contributed by atoms with Gasteiger partial charge in [0.05, 0.1) is 10.9 Å². The van der Waals surface area contributed by atoms with Crippen molar-refractivity contribution in [2.75, 3.05) is 0 Å². The van der Waals surface area contributed by atoms with E-state index in [-0.39, 0.29) is 5.56 Å². The average molecular weight is 367 g/mol. The lowest BCUT2D eigenvalue weighted by Crippen LogP contribution is -2.22. The van der Waals surface area contributed by atoms with E-state index in [0.717, 1.165) is 9.90 Å². The van der Waals surface area contributed by atoms with Crippen LogP contribution in [0.1, 0.15) is 11.4 Å². The fraction of sp³-hybridized carbons (Fsp3) is 0.118. The predicted molar refractivity (Wildman–Crippen MR) is 98.6 cm³/mol. The fourth-order valence-corrected chi connectivity index (χ4v) is 4.03. The summed E-state index contributed by atoms with van der Waals surface area (Å²) >= 11 is 2.61. The van der Waals surface area contributed by atoms with Crippen molar-refractivity contribution in [1.82, 2.24) is 23.9 Å². The molecule has 0 unspecified atom stereocenters. The molecule has 0 saturated heterocycles. The second-order valence-corrected chi connectivity index (χ2v) is 7.42. The van der Waals surface area contributed by atoms with Gasteiger partial charge in [-0.25, -0.2) is 19.5 Å². The Hall–Kier alpha value is -2.58. The number of fused-ring (bicyclic) bond motifs is 1. The standard InChI is InChI=1S/C17H13N5OS2/c1-10-7-8-14(18-9-10)22-15(23)12-5-3-4-6-13(12)20-16(22)24-17-19-11(2)21-25-17/h3-9H,1-2H3. The number of aromatic nitrogens is 5. The number of hydrogen-bond acceptors (Lipinski definition) is 7. The van der Waals surface area contributed by atoms with Crippen molar-refractivity contribution in [2.45, 2.75) is 23.3 Å². The fourth-order valence-electron chi connectivity index (χ4n) is 2.37. The van der Waals surface area contributed by atoms with E-state index in [0.29, 0.717) is 27.7 Å². The Morgan fingerprint density at radius 1 is 1.08 bits per heavy atom. The molecule has 0 aliphatic carbocycles. The number of benzene rings is 1. The van der Waals surface area contributed by atoms with Crippen LogP contribution < -0.4 is 5.56 Å². The molecular formula is C17H13N5OS2. The number of hydrogen-bond donors (Lipinski definition) is 0. The van der Waals surface area contributed by atoms with E-state index >= 15 is 0 Å². The van der Waals surface area contributed by atoms with Crippen molar-refractivity contribution in [1.29, 1.82) is 0 Å². The summed E-state index contributed by atoms with van der Waals surface area (Å²) in [5.41, 5.74) is 1.53. The molecule has 0 fully saturated rings. The number of nitrogens with zero attached hydrogens (tertiary/aromatic N) is 5. The van der Waals surface area contributed by atoms with E-state index in [4.69, 9.17) is 0 Å². The highest BCUT2D eigenvalue weighted by Gasteiger charge is 2.16. The van der Waals surface area contributed by atoms with Gasteiger partial charge < -0.3 is 0 Å². The second kappa shape index (κ2) is 6.38. The maximum atomic E-state index is 13.1. The first-order valence-corrected chi connectivity index (χ1v) is 9.14. The monoisotopic (exact) mass is 367 g/mol. The first kappa shape index (κ1) is 15.9. The molecule has 0 N–H and O–H groups in total. The SMILES string of the molecule is Cc1ccc(-n2c(Sc3nc(C)ns3)nc3ccccc3c2=O)nc1. The molecule has 0 atom stereocenters. The summed E-state index contributed by atoms with van der Waals surface area (Å²) in [4.78, 5) is 26.5. The van der Waals surface area contributed by atoms with Crippen LogP contribution in [-0.2, 0) is 0 Å². The van der Waals surface area contributed by atoms with Gasteiger partial charge >= 0.3 is 0 Å². The van der Waals surface area contributed by atoms with Gasteiger partial charge in [0.25, 0.3) is 5.56 Å². The molecule has 25 heavy (non-hydrogen) atoms. The van der Waals surface area contributed by atoms with Gasteiger partial charge in [-0.2, -0.15) is 4.37 Å². The molecule has 6 nitrogen and oxygen atoms in total. The third-order valence-electron chi connectivity index (χ3n) is 3.56. The molecule has 0 bridgehead atoms. The zero-order valence-corrected chi connectivity index (χ0v) is 15.1. The molecule has 0 spiro atoms. The Morgan fingerprint density at radius 3 is 2.64 bits per heavy atom. The normalized spacial score (nSPS) is 11.1. The van der Waals surface area contributed by atoms with Crippen molar-refractivity contribution >= 4 is 34.2 Å². The van der Waals surface area contributed by atoms with Gasteiger partial charge in [-0.3, -0.25) is 4.79 Å². The van der Waals surface area contributed by atoms with E-state index in [2.05, 4.69) is 19.3 Å². The van der Waals surface area contributed by atoms with Gasteiger partial charge in [-0.15, -0.1) is 0 Å². The highest BCUT2D eigenvalue weighted by Crippen LogP contribution is 2.29. The summed E-state index contributed by atoms with van der Waals surface area (Å²) in [5.74, 6) is 1.24. The lowest BCUT2D eigenvalue weighted by atomic mass is 10.2. The van der Waals surface area contributed by atoms with Crippen molar-refractivity contribution in [3.8, 4) is 5.82 Å². The van der Waals surface area contributed by atoms with Crippen molar-refractivity contribution < 1.29 is 0 Å². The largest absolute Gasteiger partial charge is 0.268 e. The molecule has 3 heterocycles. The maximum Gasteiger partial charge on any atom is 0.267 e. The minimum Gasteiger partial charge on any atom is -0.268 e. The van der Waals surface area contributed by atoms with Gasteiger partial charge in [-0.05, 0) is 60.9 Å². The summed E-state index contributed by atoms with van der Waals surface area (Å²) in [6.45, 7) is 3.79. The minimum absolute atomic E-state index is 0.148. The first-order chi connectivity index (χ1) is 12.1. The summed E-state index contributed by atoms with van der Waals surface area (Å²) in [5, 5.41) is 1.08. The molecule has 4 aromatic rings. The van der Waals surface area contributed by atoms with Crippen LogP contribution in [0.25, 0.3) is 16.7 Å². The van der Waals surface area contributed by atoms with Crippen LogP contribution in [0, 0.1) is 13.8 Å². The van der Waals surface area contributed by atoms with Crippen LogP contribution in [0.4, 0.5) is 0 Å². The van der Waals surface area contributed by atoms with Crippen LogP contribution in [-0.4, -0.2) is 23.9 Å². The van der Waals surface area contributed by atoms with Crippen molar-refractivity contribution in [2.24, 2.45) is 0 Å². The Kier molecular flexibility index (Phi) is 4.06. The Morgan fingerprint density at radius 2 is 1.92 bits per heavy atom. The molecule has 8 heteroatoms. The van der Waals surface area contributed by atoms with Crippen LogP contribution in [0.2, 0.25) is 0 Å². The van der Waals surface area contributed by atoms with Crippen LogP contribution in [0.3, 0.4) is 0 Å². The molecule has 124 valence electrons. The minimum atomic E-state index is -0.148. The van der Waals surface area contributed by atoms with Gasteiger partial charge in [-0.1, -0.05) is 18.2 Å². The number of aryl methyl sites for hydroxylation is 2. The zero-order valence-electron chi connectivity index (χ0n) is 13.5. The van der Waals surface area contributed by atoms with E-state index in [1.807, 2.05) is 44.2 Å². The quantitative estimate of drug-likeness (QED) is 0.517. The number of pyridine rings is 1. The average Bonchev–Trinajstić information content (AvgIpc) is 3.01. The Bertz CT molecular complexity index is 1120. The molecule has 0 aliphatic rings. The highest BCUT2D eigenvalue weighted by molar-refractivity contribution is 8.00. The third-order valence-corrected chi connectivity index (χ3v) is 5.36. The van der Waals surface area contributed by atoms with Gasteiger partial charge in [0.15, 0.2) is 9.50 Å². The summed E-state index contributed by atoms with van der Waals surface area (Å²) in [7, 11) is 0. The molecule has 3 aromatic heterocycles. The van der Waals surface area contributed by atoms with Crippen molar-refractivity contribution in [3.63, 3.8) is 0 Å². The summed E-state index contributed by atoms with van der Waals surface area (Å²) < 4.78 is 6.46. The van der Waals surface area contributed by atoms with Crippen LogP contribution in [0.15, 0.2) is 56.9 Å². The van der Waals surface area contributed by atoms with Crippen molar-refractivity contribution in [3.05, 3.63) is 64.3 Å². The maximum absolute atomic E-state index is 13.1. The van der Waals surface area contributed by atoms with E-state index < -0.39 is 0 Å². The molecule has 0 radical (unpaired) electrons. The third kappa shape index (κ3) is 3.06. The van der Waals surface area contributed by atoms with E-state index in [9.17, 15) is 4.79 Å². The van der Waals surface area contributed by atoms with Crippen LogP contribution in [0.5, 0.6) is 0 Å². The Labute approximate surface area is 151 Å². The Balaban J connectivity index is 1.96. The molecule has 4 rings (SSSR count). The summed E-state index contributed by atoms with van der Waals surface area (Å²) in [6.07, 6.45) is 1.74. The molecular weight excluding hydrogens is 354 g/mol. The molecule has 0 amide bonds. The number of para-hydroxylation sites is 1. The molecule has 0 aliphatic heterocycles. The highest BCUT2D eigenvalue weighted by atomic mass is 32.2. The van der Waals surface area contributed by atoms with Gasteiger partial charge in [0.2, 0.25) is 0 Å². The van der Waals surface area contributed by atoms with E-state index in [1.165, 1.54) is 27.9 Å². The summed E-state index contributed by atoms with van der Waals surface area (Å²) in [6, 6.07) is 11.1. The predicted octanol–water partition coefficient (Wildman–Crippen LogP) is 3.40. The molecule has 1 aromatic carbocycles. The molecule has 0 saturated carbocycles. The van der Waals surface area contributed by atoms with Gasteiger partial charge in [0, 0.05) is 6.20 Å². The lowest BCUT2D eigenvalue weighted by molar-refractivity contribution is 0.794. The van der Waals surface area contributed by atoms with E-state index in [1.54, 1.807) is 12.3 Å².